The van der Waals surface area contributed by atoms with Crippen LogP contribution in [0.25, 0.3) is 0 Å². The highest BCUT2D eigenvalue weighted by atomic mass is 16.6. The van der Waals surface area contributed by atoms with Gasteiger partial charge in [-0.1, -0.05) is 290 Å². The van der Waals surface area contributed by atoms with Gasteiger partial charge in [-0.15, -0.1) is 0 Å². The van der Waals surface area contributed by atoms with E-state index in [1.807, 2.05) is 0 Å². The van der Waals surface area contributed by atoms with Crippen LogP contribution in [0.3, 0.4) is 0 Å². The molecule has 0 fully saturated rings. The van der Waals surface area contributed by atoms with Gasteiger partial charge in [-0.2, -0.15) is 0 Å². The van der Waals surface area contributed by atoms with Crippen LogP contribution < -0.4 is 0 Å². The summed E-state index contributed by atoms with van der Waals surface area (Å²) in [6.07, 6.45) is 58.0. The molecule has 6 nitrogen and oxygen atoms in total. The lowest BCUT2D eigenvalue weighted by atomic mass is 10.0. The molecule has 0 radical (unpaired) electrons. The zero-order valence-corrected chi connectivity index (χ0v) is 42.9. The van der Waals surface area contributed by atoms with Crippen molar-refractivity contribution in [1.82, 2.24) is 0 Å². The molecule has 0 spiro atoms. The summed E-state index contributed by atoms with van der Waals surface area (Å²) in [4.78, 5) is 38.1. The molecule has 6 heteroatoms. The van der Waals surface area contributed by atoms with Gasteiger partial charge < -0.3 is 14.2 Å². The Kier molecular flexibility index (Phi) is 51.7. The lowest BCUT2D eigenvalue weighted by Gasteiger charge is -2.18. The van der Waals surface area contributed by atoms with Crippen molar-refractivity contribution in [2.75, 3.05) is 13.2 Å². The molecule has 0 aromatic carbocycles. The van der Waals surface area contributed by atoms with E-state index in [2.05, 4.69) is 20.8 Å². The number of hydrogen-bond donors (Lipinski definition) is 0. The molecule has 0 heterocycles. The van der Waals surface area contributed by atoms with Crippen molar-refractivity contribution < 1.29 is 28.6 Å². The minimum Gasteiger partial charge on any atom is -0.462 e. The topological polar surface area (TPSA) is 78.9 Å². The number of rotatable bonds is 53. The highest BCUT2D eigenvalue weighted by molar-refractivity contribution is 5.71. The monoisotopic (exact) mass is 891 g/mol. The van der Waals surface area contributed by atoms with Crippen molar-refractivity contribution >= 4 is 17.9 Å². The summed E-state index contributed by atoms with van der Waals surface area (Å²) in [5.41, 5.74) is 0. The molecule has 0 aromatic rings. The van der Waals surface area contributed by atoms with Crippen LogP contribution in [0.5, 0.6) is 0 Å². The van der Waals surface area contributed by atoms with Crippen LogP contribution in [0.15, 0.2) is 0 Å². The Bertz CT molecular complexity index is 936. The van der Waals surface area contributed by atoms with E-state index in [1.165, 1.54) is 231 Å². The summed E-state index contributed by atoms with van der Waals surface area (Å²) in [5, 5.41) is 0. The number of carbonyl (C=O) groups excluding carboxylic acids is 3. The van der Waals surface area contributed by atoms with Crippen LogP contribution in [0.1, 0.15) is 329 Å². The largest absolute Gasteiger partial charge is 0.462 e. The van der Waals surface area contributed by atoms with Gasteiger partial charge in [0, 0.05) is 19.3 Å². The molecule has 0 aliphatic carbocycles. The number of ether oxygens (including phenoxy) is 3. The van der Waals surface area contributed by atoms with E-state index in [0.29, 0.717) is 19.3 Å². The smallest absolute Gasteiger partial charge is 0.306 e. The first-order chi connectivity index (χ1) is 31.0. The Morgan fingerprint density at radius 1 is 0.254 bits per heavy atom. The summed E-state index contributed by atoms with van der Waals surface area (Å²) in [6.45, 7) is 6.70. The molecule has 0 saturated heterocycles. The zero-order chi connectivity index (χ0) is 45.8. The highest BCUT2D eigenvalue weighted by Gasteiger charge is 2.19. The Balaban J connectivity index is 4.25. The van der Waals surface area contributed by atoms with Crippen LogP contribution in [-0.2, 0) is 28.6 Å². The number of carbonyl (C=O) groups is 3. The van der Waals surface area contributed by atoms with Gasteiger partial charge in [0.05, 0.1) is 0 Å². The third kappa shape index (κ3) is 51.3. The van der Waals surface area contributed by atoms with Crippen LogP contribution in [0.4, 0.5) is 0 Å². The summed E-state index contributed by atoms with van der Waals surface area (Å²) in [7, 11) is 0. The van der Waals surface area contributed by atoms with Gasteiger partial charge in [0.1, 0.15) is 13.2 Å². The summed E-state index contributed by atoms with van der Waals surface area (Å²) in [5.74, 6) is -0.834. The maximum absolute atomic E-state index is 12.8. The van der Waals surface area contributed by atoms with Crippen molar-refractivity contribution in [2.45, 2.75) is 335 Å². The average molecular weight is 892 g/mol. The lowest BCUT2D eigenvalue weighted by molar-refractivity contribution is -0.167. The van der Waals surface area contributed by atoms with E-state index in [-0.39, 0.29) is 31.1 Å². The van der Waals surface area contributed by atoms with Crippen molar-refractivity contribution in [3.8, 4) is 0 Å². The highest BCUT2D eigenvalue weighted by Crippen LogP contribution is 2.18. The Labute approximate surface area is 393 Å². The van der Waals surface area contributed by atoms with Crippen LogP contribution >= 0.6 is 0 Å². The van der Waals surface area contributed by atoms with Crippen molar-refractivity contribution in [3.63, 3.8) is 0 Å². The molecule has 63 heavy (non-hydrogen) atoms. The molecule has 0 aliphatic rings. The van der Waals surface area contributed by atoms with E-state index in [1.54, 1.807) is 0 Å². The average Bonchev–Trinajstić information content (AvgIpc) is 3.28. The van der Waals surface area contributed by atoms with Gasteiger partial charge in [0.25, 0.3) is 0 Å². The fraction of sp³-hybridized carbons (Fsp3) is 0.947. The molecule has 0 N–H and O–H groups in total. The maximum Gasteiger partial charge on any atom is 0.306 e. The normalized spacial score (nSPS) is 11.9. The van der Waals surface area contributed by atoms with Crippen molar-refractivity contribution in [3.05, 3.63) is 0 Å². The molecule has 0 aliphatic heterocycles. The molecule has 0 rings (SSSR count). The Hall–Kier alpha value is -1.59. The molecule has 0 bridgehead atoms. The molecule has 0 amide bonds. The first-order valence-corrected chi connectivity index (χ1v) is 28.5. The van der Waals surface area contributed by atoms with Gasteiger partial charge in [0.2, 0.25) is 0 Å². The Morgan fingerprint density at radius 3 is 0.635 bits per heavy atom. The van der Waals surface area contributed by atoms with Gasteiger partial charge in [0.15, 0.2) is 6.10 Å². The minimum absolute atomic E-state index is 0.0612. The molecular weight excluding hydrogens is 781 g/mol. The van der Waals surface area contributed by atoms with Gasteiger partial charge in [-0.3, -0.25) is 14.4 Å². The van der Waals surface area contributed by atoms with Crippen LogP contribution in [0.2, 0.25) is 0 Å². The number of esters is 3. The van der Waals surface area contributed by atoms with Crippen molar-refractivity contribution in [1.29, 1.82) is 0 Å². The van der Waals surface area contributed by atoms with Gasteiger partial charge >= 0.3 is 17.9 Å². The van der Waals surface area contributed by atoms with E-state index in [9.17, 15) is 14.4 Å². The molecule has 374 valence electrons. The zero-order valence-electron chi connectivity index (χ0n) is 42.9. The fourth-order valence-electron chi connectivity index (χ4n) is 8.80. The molecule has 0 aromatic heterocycles. The number of unbranched alkanes of at least 4 members (excludes halogenated alkanes) is 42. The molecule has 0 saturated carbocycles. The van der Waals surface area contributed by atoms with E-state index in [4.69, 9.17) is 14.2 Å². The predicted octanol–water partition coefficient (Wildman–Crippen LogP) is 18.8. The molecular formula is C57H110O6. The summed E-state index contributed by atoms with van der Waals surface area (Å²) >= 11 is 0. The second-order valence-electron chi connectivity index (χ2n) is 19.6. The van der Waals surface area contributed by atoms with Crippen LogP contribution in [0, 0.1) is 0 Å². The Morgan fingerprint density at radius 2 is 0.429 bits per heavy atom. The lowest BCUT2D eigenvalue weighted by Crippen LogP contribution is -2.30. The minimum atomic E-state index is -0.760. The fourth-order valence-corrected chi connectivity index (χ4v) is 8.80. The third-order valence-corrected chi connectivity index (χ3v) is 13.1. The second kappa shape index (κ2) is 53.0. The van der Waals surface area contributed by atoms with Crippen LogP contribution in [-0.4, -0.2) is 37.2 Å². The first-order valence-electron chi connectivity index (χ1n) is 28.5. The predicted molar refractivity (Wildman–Crippen MR) is 270 cm³/mol. The van der Waals surface area contributed by atoms with Crippen molar-refractivity contribution in [2.24, 2.45) is 0 Å². The standard InChI is InChI=1S/C57H110O6/c1-4-7-10-13-16-19-22-25-27-28-29-30-31-33-35-38-41-44-47-50-56(59)62-53-54(52-61-55(58)49-46-43-40-37-34-24-21-18-15-12-9-6-3)63-57(60)51-48-45-42-39-36-32-26-23-20-17-14-11-8-5-2/h54H,4-53H2,1-3H3. The van der Waals surface area contributed by atoms with Gasteiger partial charge in [-0.25, -0.2) is 0 Å². The molecule has 1 unspecified atom stereocenters. The second-order valence-corrected chi connectivity index (χ2v) is 19.6. The number of hydrogen-bond acceptors (Lipinski definition) is 6. The molecule has 1 atom stereocenters. The van der Waals surface area contributed by atoms with E-state index < -0.39 is 6.10 Å². The van der Waals surface area contributed by atoms with E-state index >= 15 is 0 Å². The van der Waals surface area contributed by atoms with E-state index in [0.717, 1.165) is 57.8 Å². The summed E-state index contributed by atoms with van der Waals surface area (Å²) < 4.78 is 16.9. The maximum atomic E-state index is 12.8. The quantitative estimate of drug-likeness (QED) is 0.0344. The summed E-state index contributed by atoms with van der Waals surface area (Å²) in [6, 6.07) is 0. The van der Waals surface area contributed by atoms with Gasteiger partial charge in [-0.05, 0) is 19.3 Å². The third-order valence-electron chi connectivity index (χ3n) is 13.1. The SMILES string of the molecule is CCCCCCCCCCCCCCCCCCCCCC(=O)OCC(COC(=O)CCCCCCCCCCCCCC)OC(=O)CCCCCCCCCCCCCCCC. The first kappa shape index (κ1) is 61.4.